The summed E-state index contributed by atoms with van der Waals surface area (Å²) in [6.45, 7) is 0. The van der Waals surface area contributed by atoms with E-state index in [1.165, 1.54) is 43.0 Å². The molecule has 2 aromatic heterocycles. The van der Waals surface area contributed by atoms with Crippen LogP contribution in [0, 0.1) is 0 Å². The van der Waals surface area contributed by atoms with Gasteiger partial charge in [-0.05, 0) is 79.9 Å². The minimum atomic E-state index is -3.54. The summed E-state index contributed by atoms with van der Waals surface area (Å²) >= 11 is 6.68. The number of benzene rings is 3. The van der Waals surface area contributed by atoms with Crippen LogP contribution >= 0.6 is 11.6 Å². The molecule has 0 amide bonds. The Morgan fingerprint density at radius 1 is 0.949 bits per heavy atom. The van der Waals surface area contributed by atoms with Crippen molar-refractivity contribution >= 4 is 55.1 Å². The molecule has 0 atom stereocenters. The third-order valence-corrected chi connectivity index (χ3v) is 9.07. The predicted octanol–water partition coefficient (Wildman–Crippen LogP) is 6.89. The quantitative estimate of drug-likeness (QED) is 0.215. The van der Waals surface area contributed by atoms with Gasteiger partial charge in [-0.1, -0.05) is 41.9 Å². The van der Waals surface area contributed by atoms with Crippen molar-refractivity contribution in [2.24, 2.45) is 0 Å². The van der Waals surface area contributed by atoms with Gasteiger partial charge in [0.1, 0.15) is 16.8 Å². The average molecular weight is 560 g/mol. The van der Waals surface area contributed by atoms with Gasteiger partial charge in [-0.25, -0.2) is 18.1 Å². The normalized spacial score (nSPS) is 15.6. The molecule has 2 N–H and O–H groups in total. The van der Waals surface area contributed by atoms with E-state index in [1.54, 1.807) is 12.1 Å². The highest BCUT2D eigenvalue weighted by atomic mass is 35.5. The Morgan fingerprint density at radius 3 is 2.38 bits per heavy atom. The molecule has 39 heavy (non-hydrogen) atoms. The average Bonchev–Trinajstić information content (AvgIpc) is 3.88. The molecule has 10 heteroatoms. The number of sulfonamides is 1. The van der Waals surface area contributed by atoms with Crippen molar-refractivity contribution in [2.75, 3.05) is 12.4 Å². The molecule has 2 saturated carbocycles. The summed E-state index contributed by atoms with van der Waals surface area (Å²) in [7, 11) is -2.15. The van der Waals surface area contributed by atoms with E-state index in [2.05, 4.69) is 38.9 Å². The van der Waals surface area contributed by atoms with Gasteiger partial charge in [0.2, 0.25) is 21.9 Å². The summed E-state index contributed by atoms with van der Waals surface area (Å²) in [4.78, 5) is 9.67. The summed E-state index contributed by atoms with van der Waals surface area (Å²) in [5, 5.41) is 5.95. The molecule has 0 saturated heterocycles. The molecule has 0 aliphatic heterocycles. The van der Waals surface area contributed by atoms with Crippen LogP contribution in [0.25, 0.3) is 21.8 Å². The number of rotatable bonds is 8. The zero-order chi connectivity index (χ0) is 26.7. The number of hydrogen-bond donors (Lipinski definition) is 2. The summed E-state index contributed by atoms with van der Waals surface area (Å²) in [5.41, 5.74) is 3.36. The Kier molecular flexibility index (Phi) is 5.77. The molecular formula is C29H26ClN5O3S. The Labute approximate surface area is 231 Å². The van der Waals surface area contributed by atoms with Crippen LogP contribution in [0.1, 0.15) is 43.2 Å². The van der Waals surface area contributed by atoms with Crippen molar-refractivity contribution in [2.45, 2.75) is 42.5 Å². The second-order valence-electron chi connectivity index (χ2n) is 10.1. The largest absolute Gasteiger partial charge is 0.436 e. The van der Waals surface area contributed by atoms with Crippen molar-refractivity contribution < 1.29 is 13.2 Å². The van der Waals surface area contributed by atoms with Crippen molar-refractivity contribution in [1.82, 2.24) is 19.3 Å². The van der Waals surface area contributed by atoms with Gasteiger partial charge in [0, 0.05) is 23.3 Å². The van der Waals surface area contributed by atoms with Gasteiger partial charge in [-0.2, -0.15) is 4.98 Å². The molecule has 2 aliphatic carbocycles. The third kappa shape index (κ3) is 4.50. The number of ether oxygens (including phenoxy) is 1. The maximum atomic E-state index is 12.1. The van der Waals surface area contributed by atoms with Gasteiger partial charge in [0.15, 0.2) is 0 Å². The molecule has 5 aromatic rings. The van der Waals surface area contributed by atoms with Gasteiger partial charge >= 0.3 is 0 Å². The van der Waals surface area contributed by atoms with Gasteiger partial charge in [0.05, 0.1) is 9.92 Å². The van der Waals surface area contributed by atoms with Crippen LogP contribution in [-0.2, 0) is 10.0 Å². The van der Waals surface area contributed by atoms with Gasteiger partial charge in [0.25, 0.3) is 0 Å². The minimum Gasteiger partial charge on any atom is -0.436 e. The number of nitrogens with zero attached hydrogens (tertiary/aromatic N) is 3. The van der Waals surface area contributed by atoms with Crippen LogP contribution < -0.4 is 14.8 Å². The summed E-state index contributed by atoms with van der Waals surface area (Å²) in [6.07, 6.45) is 6.49. The van der Waals surface area contributed by atoms with E-state index in [1.807, 2.05) is 18.3 Å². The lowest BCUT2D eigenvalue weighted by atomic mass is 10.0. The van der Waals surface area contributed by atoms with Crippen LogP contribution in [0.3, 0.4) is 0 Å². The molecule has 2 aliphatic rings. The number of fused-ring (bicyclic) bond motifs is 2. The van der Waals surface area contributed by atoms with E-state index in [9.17, 15) is 8.42 Å². The number of aromatic nitrogens is 3. The van der Waals surface area contributed by atoms with Crippen LogP contribution in [-0.4, -0.2) is 30.0 Å². The fraction of sp³-hybridized carbons (Fsp3) is 0.241. The zero-order valence-electron chi connectivity index (χ0n) is 21.2. The highest BCUT2D eigenvalue weighted by Gasteiger charge is 2.30. The minimum absolute atomic E-state index is 0.169. The molecular weight excluding hydrogens is 534 g/mol. The lowest BCUT2D eigenvalue weighted by Gasteiger charge is -2.15. The highest BCUT2D eigenvalue weighted by molar-refractivity contribution is 7.89. The van der Waals surface area contributed by atoms with E-state index in [4.69, 9.17) is 26.3 Å². The third-order valence-electron chi connectivity index (χ3n) is 7.36. The smallest absolute Gasteiger partial charge is 0.249 e. The number of hydrogen-bond acceptors (Lipinski definition) is 6. The Bertz CT molecular complexity index is 1850. The zero-order valence-corrected chi connectivity index (χ0v) is 22.8. The first-order valence-electron chi connectivity index (χ1n) is 13.0. The molecule has 0 unspecified atom stereocenters. The Morgan fingerprint density at radius 2 is 1.69 bits per heavy atom. The van der Waals surface area contributed by atoms with Crippen molar-refractivity contribution in [1.29, 1.82) is 0 Å². The highest BCUT2D eigenvalue weighted by Crippen LogP contribution is 2.47. The van der Waals surface area contributed by atoms with E-state index in [-0.39, 0.29) is 4.90 Å². The van der Waals surface area contributed by atoms with E-state index in [0.29, 0.717) is 40.0 Å². The molecule has 2 heterocycles. The summed E-state index contributed by atoms with van der Waals surface area (Å²) < 4.78 is 35.2. The fourth-order valence-corrected chi connectivity index (χ4v) is 6.02. The van der Waals surface area contributed by atoms with Crippen molar-refractivity contribution in [3.05, 3.63) is 77.4 Å². The first-order valence-corrected chi connectivity index (χ1v) is 14.9. The SMILES string of the molecule is CNS(=O)(=O)c1ccc(Nc2nc(Oc3ccc(C4CC4)c4ccccc34)c3c(n2)c(Cl)cn3C2CC2)cc1. The molecule has 198 valence electrons. The van der Waals surface area contributed by atoms with Crippen LogP contribution in [0.15, 0.2) is 71.8 Å². The second-order valence-corrected chi connectivity index (χ2v) is 12.4. The molecule has 2 fully saturated rings. The molecule has 3 aromatic carbocycles. The molecule has 7 rings (SSSR count). The number of halogens is 1. The van der Waals surface area contributed by atoms with Crippen LogP contribution in [0.2, 0.25) is 5.02 Å². The van der Waals surface area contributed by atoms with E-state index < -0.39 is 10.0 Å². The topological polar surface area (TPSA) is 98.1 Å². The molecule has 8 nitrogen and oxygen atoms in total. The Hall–Kier alpha value is -3.66. The summed E-state index contributed by atoms with van der Waals surface area (Å²) in [6, 6.07) is 19.2. The number of nitrogens with one attached hydrogen (secondary N) is 2. The fourth-order valence-electron chi connectivity index (χ4n) is 5.05. The molecule has 0 radical (unpaired) electrons. The first kappa shape index (κ1) is 24.4. The predicted molar refractivity (Wildman–Crippen MR) is 153 cm³/mol. The summed E-state index contributed by atoms with van der Waals surface area (Å²) in [5.74, 6) is 2.06. The van der Waals surface area contributed by atoms with Crippen LogP contribution in [0.4, 0.5) is 11.6 Å². The van der Waals surface area contributed by atoms with Crippen molar-refractivity contribution in [3.63, 3.8) is 0 Å². The molecule has 0 bridgehead atoms. The van der Waals surface area contributed by atoms with Gasteiger partial charge in [-0.3, -0.25) is 0 Å². The lowest BCUT2D eigenvalue weighted by molar-refractivity contribution is 0.470. The molecule has 0 spiro atoms. The first-order chi connectivity index (χ1) is 18.9. The van der Waals surface area contributed by atoms with E-state index in [0.717, 1.165) is 29.5 Å². The lowest BCUT2D eigenvalue weighted by Crippen LogP contribution is -2.18. The monoisotopic (exact) mass is 559 g/mol. The van der Waals surface area contributed by atoms with Gasteiger partial charge in [-0.15, -0.1) is 0 Å². The maximum Gasteiger partial charge on any atom is 0.249 e. The van der Waals surface area contributed by atoms with Crippen LogP contribution in [0.5, 0.6) is 11.6 Å². The second kappa shape index (κ2) is 9.22. The standard InChI is InChI=1S/C29H26ClN5O3S/c1-31-39(36,37)20-12-8-18(9-13-20)32-29-33-26-24(30)16-35(19-10-11-19)27(26)28(34-29)38-25-15-14-21(17-6-7-17)22-4-2-3-5-23(22)25/h2-5,8-9,12-17,19,31H,6-7,10-11H2,1H3,(H,32,33,34). The number of anilines is 2. The van der Waals surface area contributed by atoms with E-state index >= 15 is 0 Å². The van der Waals surface area contributed by atoms with Gasteiger partial charge < -0.3 is 14.6 Å². The van der Waals surface area contributed by atoms with Crippen molar-refractivity contribution in [3.8, 4) is 11.6 Å². The maximum absolute atomic E-state index is 12.1. The Balaban J connectivity index is 1.31.